The second kappa shape index (κ2) is 3.34. The normalized spacial score (nSPS) is 21.1. The van der Waals surface area contributed by atoms with Gasteiger partial charge in [0.2, 0.25) is 0 Å². The molecule has 1 aliphatic heterocycles. The Hall–Kier alpha value is -1.09. The molecule has 1 aromatic carbocycles. The fourth-order valence-corrected chi connectivity index (χ4v) is 1.53. The minimum Gasteiger partial charge on any atom is -0.301 e. The Balaban J connectivity index is 2.18. The summed E-state index contributed by atoms with van der Waals surface area (Å²) in [6.07, 6.45) is 0.630. The zero-order chi connectivity index (χ0) is 9.26. The van der Waals surface area contributed by atoms with Crippen molar-refractivity contribution in [2.45, 2.75) is 12.5 Å². The van der Waals surface area contributed by atoms with E-state index in [2.05, 4.69) is 10.5 Å². The van der Waals surface area contributed by atoms with Crippen LogP contribution in [0.4, 0.5) is 4.39 Å². The van der Waals surface area contributed by atoms with Crippen molar-refractivity contribution in [3.63, 3.8) is 0 Å². The molecule has 1 heterocycles. The molecule has 68 valence electrons. The van der Waals surface area contributed by atoms with Crippen LogP contribution in [0.25, 0.3) is 0 Å². The summed E-state index contributed by atoms with van der Waals surface area (Å²) in [5.74, 6) is -0.234. The molecule has 0 fully saturated rings. The lowest BCUT2D eigenvalue weighted by Crippen LogP contribution is -2.09. The number of nitrogens with one attached hydrogen (secondary N) is 1. The summed E-state index contributed by atoms with van der Waals surface area (Å²) in [4.78, 5) is 0. The molecule has 2 nitrogen and oxygen atoms in total. The lowest BCUT2D eigenvalue weighted by atomic mass is 10.1. The molecule has 0 aliphatic carbocycles. The fourth-order valence-electron chi connectivity index (χ4n) is 1.32. The van der Waals surface area contributed by atoms with Crippen LogP contribution in [0.3, 0.4) is 0 Å². The first-order valence-corrected chi connectivity index (χ1v) is 4.36. The van der Waals surface area contributed by atoms with Gasteiger partial charge in [-0.15, -0.1) is 0 Å². The van der Waals surface area contributed by atoms with Crippen molar-refractivity contribution < 1.29 is 4.39 Å². The summed E-state index contributed by atoms with van der Waals surface area (Å²) >= 11 is 5.69. The summed E-state index contributed by atoms with van der Waals surface area (Å²) in [6, 6.07) is 6.46. The van der Waals surface area contributed by atoms with E-state index in [-0.39, 0.29) is 11.9 Å². The van der Waals surface area contributed by atoms with Gasteiger partial charge in [0.05, 0.1) is 6.04 Å². The molecule has 0 saturated carbocycles. The molecule has 4 heteroatoms. The van der Waals surface area contributed by atoms with E-state index < -0.39 is 0 Å². The molecule has 0 radical (unpaired) electrons. The number of halogens is 2. The first kappa shape index (κ1) is 8.51. The molecule has 1 atom stereocenters. The quantitative estimate of drug-likeness (QED) is 0.737. The molecule has 0 aromatic heterocycles. The summed E-state index contributed by atoms with van der Waals surface area (Å²) < 4.78 is 12.8. The average molecular weight is 199 g/mol. The molecular formula is C9H8ClFN2. The van der Waals surface area contributed by atoms with E-state index in [4.69, 9.17) is 11.6 Å². The molecule has 0 spiro atoms. The van der Waals surface area contributed by atoms with E-state index in [1.807, 2.05) is 6.07 Å². The van der Waals surface area contributed by atoms with Gasteiger partial charge in [0.25, 0.3) is 0 Å². The third kappa shape index (κ3) is 1.80. The van der Waals surface area contributed by atoms with Gasteiger partial charge in [0.1, 0.15) is 11.0 Å². The Kier molecular flexibility index (Phi) is 2.19. The summed E-state index contributed by atoms with van der Waals surface area (Å²) in [6.45, 7) is 0. The fraction of sp³-hybridized carbons (Fsp3) is 0.222. The minimum atomic E-state index is -0.234. The smallest absolute Gasteiger partial charge is 0.128 e. The predicted octanol–water partition coefficient (Wildman–Crippen LogP) is 2.41. The summed E-state index contributed by atoms with van der Waals surface area (Å²) in [5.41, 5.74) is 3.71. The van der Waals surface area contributed by atoms with Crippen LogP contribution >= 0.6 is 11.6 Å². The van der Waals surface area contributed by atoms with Gasteiger partial charge in [0, 0.05) is 6.42 Å². The third-order valence-electron chi connectivity index (χ3n) is 1.97. The molecule has 2 rings (SSSR count). The maximum absolute atomic E-state index is 12.8. The van der Waals surface area contributed by atoms with Crippen LogP contribution < -0.4 is 5.43 Å². The maximum Gasteiger partial charge on any atom is 0.128 e. The number of benzene rings is 1. The minimum absolute atomic E-state index is 0.0169. The number of nitrogens with zero attached hydrogens (tertiary/aromatic N) is 1. The highest BCUT2D eigenvalue weighted by Gasteiger charge is 2.18. The van der Waals surface area contributed by atoms with Gasteiger partial charge < -0.3 is 5.43 Å². The molecule has 0 saturated heterocycles. The highest BCUT2D eigenvalue weighted by molar-refractivity contribution is 6.65. The van der Waals surface area contributed by atoms with Crippen LogP contribution in [0.2, 0.25) is 0 Å². The van der Waals surface area contributed by atoms with Crippen molar-refractivity contribution in [2.24, 2.45) is 5.10 Å². The lowest BCUT2D eigenvalue weighted by molar-refractivity contribution is 0.596. The molecular weight excluding hydrogens is 191 g/mol. The van der Waals surface area contributed by atoms with Crippen LogP contribution in [-0.4, -0.2) is 5.17 Å². The Morgan fingerprint density at radius 1 is 1.54 bits per heavy atom. The van der Waals surface area contributed by atoms with Crippen molar-refractivity contribution in [1.29, 1.82) is 0 Å². The first-order chi connectivity index (χ1) is 6.25. The molecule has 1 unspecified atom stereocenters. The van der Waals surface area contributed by atoms with E-state index in [9.17, 15) is 4.39 Å². The Morgan fingerprint density at radius 3 is 3.00 bits per heavy atom. The lowest BCUT2D eigenvalue weighted by Gasteiger charge is -2.08. The van der Waals surface area contributed by atoms with E-state index in [0.717, 1.165) is 5.56 Å². The topological polar surface area (TPSA) is 24.4 Å². The van der Waals surface area contributed by atoms with Gasteiger partial charge in [-0.25, -0.2) is 4.39 Å². The monoisotopic (exact) mass is 198 g/mol. The van der Waals surface area contributed by atoms with Crippen molar-refractivity contribution >= 4 is 16.8 Å². The maximum atomic E-state index is 12.8. The van der Waals surface area contributed by atoms with E-state index >= 15 is 0 Å². The zero-order valence-corrected chi connectivity index (χ0v) is 7.55. The molecule has 1 aromatic rings. The SMILES string of the molecule is Fc1cccc(C2CC(Cl)=NN2)c1. The number of hydrogen-bond donors (Lipinski definition) is 1. The van der Waals surface area contributed by atoms with Gasteiger partial charge in [-0.3, -0.25) is 0 Å². The third-order valence-corrected chi connectivity index (χ3v) is 2.20. The van der Waals surface area contributed by atoms with Crippen LogP contribution in [-0.2, 0) is 0 Å². The van der Waals surface area contributed by atoms with Crippen LogP contribution in [0.15, 0.2) is 29.4 Å². The van der Waals surface area contributed by atoms with Gasteiger partial charge in [-0.2, -0.15) is 5.10 Å². The van der Waals surface area contributed by atoms with Gasteiger partial charge in [-0.05, 0) is 17.7 Å². The van der Waals surface area contributed by atoms with Crippen molar-refractivity contribution in [3.8, 4) is 0 Å². The van der Waals surface area contributed by atoms with Crippen molar-refractivity contribution in [3.05, 3.63) is 35.6 Å². The Bertz CT molecular complexity index is 351. The van der Waals surface area contributed by atoms with Crippen molar-refractivity contribution in [2.75, 3.05) is 0 Å². The number of hydrazone groups is 1. The predicted molar refractivity (Wildman–Crippen MR) is 50.2 cm³/mol. The largest absolute Gasteiger partial charge is 0.301 e. The highest BCUT2D eigenvalue weighted by atomic mass is 35.5. The van der Waals surface area contributed by atoms with Crippen molar-refractivity contribution in [1.82, 2.24) is 5.43 Å². The van der Waals surface area contributed by atoms with Gasteiger partial charge >= 0.3 is 0 Å². The average Bonchev–Trinajstić information content (AvgIpc) is 2.52. The van der Waals surface area contributed by atoms with E-state index in [1.54, 1.807) is 6.07 Å². The molecule has 1 N–H and O–H groups in total. The zero-order valence-electron chi connectivity index (χ0n) is 6.80. The molecule has 0 amide bonds. The Morgan fingerprint density at radius 2 is 2.38 bits per heavy atom. The van der Waals surface area contributed by atoms with Crippen LogP contribution in [0.1, 0.15) is 18.0 Å². The molecule has 13 heavy (non-hydrogen) atoms. The van der Waals surface area contributed by atoms with Crippen LogP contribution in [0.5, 0.6) is 0 Å². The van der Waals surface area contributed by atoms with E-state index in [0.29, 0.717) is 11.6 Å². The highest BCUT2D eigenvalue weighted by Crippen LogP contribution is 2.23. The second-order valence-electron chi connectivity index (χ2n) is 2.93. The number of rotatable bonds is 1. The number of hydrogen-bond acceptors (Lipinski definition) is 2. The van der Waals surface area contributed by atoms with Gasteiger partial charge in [0.15, 0.2) is 0 Å². The first-order valence-electron chi connectivity index (χ1n) is 3.99. The van der Waals surface area contributed by atoms with E-state index in [1.165, 1.54) is 12.1 Å². The Labute approximate surface area is 80.4 Å². The molecule has 1 aliphatic rings. The van der Waals surface area contributed by atoms with Crippen LogP contribution in [0, 0.1) is 5.82 Å². The molecule has 0 bridgehead atoms. The summed E-state index contributed by atoms with van der Waals surface area (Å²) in [7, 11) is 0. The van der Waals surface area contributed by atoms with Gasteiger partial charge in [-0.1, -0.05) is 23.7 Å². The summed E-state index contributed by atoms with van der Waals surface area (Å²) in [5, 5.41) is 4.37. The second-order valence-corrected chi connectivity index (χ2v) is 3.37. The standard InChI is InChI=1S/C9H8ClFN2/c10-9-5-8(12-13-9)6-2-1-3-7(11)4-6/h1-4,8,12H,5H2.